The van der Waals surface area contributed by atoms with Gasteiger partial charge in [0, 0.05) is 17.0 Å². The number of hydrogen-bond donors (Lipinski definition) is 2. The Kier molecular flexibility index (Phi) is 6.02. The summed E-state index contributed by atoms with van der Waals surface area (Å²) in [4.78, 5) is 22.8. The van der Waals surface area contributed by atoms with Gasteiger partial charge < -0.3 is 10.4 Å². The largest absolute Gasteiger partial charge is 0.481 e. The van der Waals surface area contributed by atoms with Crippen LogP contribution in [0.4, 0.5) is 0 Å². The van der Waals surface area contributed by atoms with E-state index in [9.17, 15) is 9.59 Å². The molecule has 0 saturated carbocycles. The van der Waals surface area contributed by atoms with Crippen LogP contribution in [-0.4, -0.2) is 23.0 Å². The number of carboxylic acid groups (broad SMARTS) is 1. The zero-order valence-corrected chi connectivity index (χ0v) is 12.6. The topological polar surface area (TPSA) is 66.4 Å². The van der Waals surface area contributed by atoms with Crippen LogP contribution in [-0.2, 0) is 16.0 Å². The van der Waals surface area contributed by atoms with Crippen molar-refractivity contribution in [1.29, 1.82) is 0 Å². The quantitative estimate of drug-likeness (QED) is 0.848. The molecule has 1 aromatic carbocycles. The standard InChI is InChI=1S/C15H20ClNO3/c1-9(7-12-5-4-6-13(16)8-12)17-14(18)10(2)11(3)15(19)20/h4-6,8-11H,7H2,1-3H3,(H,17,18)(H,19,20). The lowest BCUT2D eigenvalue weighted by atomic mass is 9.95. The predicted octanol–water partition coefficient (Wildman–Crippen LogP) is 2.74. The zero-order valence-electron chi connectivity index (χ0n) is 11.9. The molecule has 0 aliphatic rings. The number of amides is 1. The van der Waals surface area contributed by atoms with Crippen molar-refractivity contribution in [2.24, 2.45) is 11.8 Å². The molecule has 0 fully saturated rings. The molecule has 1 rings (SSSR count). The van der Waals surface area contributed by atoms with E-state index in [1.165, 1.54) is 6.92 Å². The molecule has 0 bridgehead atoms. The van der Waals surface area contributed by atoms with Gasteiger partial charge in [-0.2, -0.15) is 0 Å². The Morgan fingerprint density at radius 3 is 2.45 bits per heavy atom. The molecule has 3 atom stereocenters. The maximum Gasteiger partial charge on any atom is 0.307 e. The average Bonchev–Trinajstić information content (AvgIpc) is 2.36. The first-order chi connectivity index (χ1) is 9.31. The summed E-state index contributed by atoms with van der Waals surface area (Å²) in [6.45, 7) is 5.05. The highest BCUT2D eigenvalue weighted by Crippen LogP contribution is 2.14. The van der Waals surface area contributed by atoms with Crippen LogP contribution in [0.25, 0.3) is 0 Å². The summed E-state index contributed by atoms with van der Waals surface area (Å²) >= 11 is 5.91. The van der Waals surface area contributed by atoms with E-state index in [1.807, 2.05) is 25.1 Å². The van der Waals surface area contributed by atoms with Gasteiger partial charge in [-0.3, -0.25) is 9.59 Å². The van der Waals surface area contributed by atoms with Gasteiger partial charge in [0.05, 0.1) is 5.92 Å². The van der Waals surface area contributed by atoms with Gasteiger partial charge >= 0.3 is 5.97 Å². The molecule has 1 amide bonds. The number of carbonyl (C=O) groups is 2. The molecule has 0 aromatic heterocycles. The number of nitrogens with one attached hydrogen (secondary N) is 1. The minimum atomic E-state index is -0.963. The van der Waals surface area contributed by atoms with E-state index in [1.54, 1.807) is 13.0 Å². The molecule has 0 spiro atoms. The van der Waals surface area contributed by atoms with Crippen molar-refractivity contribution in [3.63, 3.8) is 0 Å². The summed E-state index contributed by atoms with van der Waals surface area (Å²) in [6, 6.07) is 7.38. The third kappa shape index (κ3) is 4.85. The summed E-state index contributed by atoms with van der Waals surface area (Å²) in [5, 5.41) is 12.4. The van der Waals surface area contributed by atoms with Crippen LogP contribution >= 0.6 is 11.6 Å². The molecule has 0 aliphatic heterocycles. The lowest BCUT2D eigenvalue weighted by Gasteiger charge is -2.20. The first-order valence-corrected chi connectivity index (χ1v) is 6.96. The van der Waals surface area contributed by atoms with Crippen LogP contribution in [0.5, 0.6) is 0 Å². The Morgan fingerprint density at radius 1 is 1.25 bits per heavy atom. The van der Waals surface area contributed by atoms with Crippen molar-refractivity contribution in [2.45, 2.75) is 33.2 Å². The summed E-state index contributed by atoms with van der Waals surface area (Å²) < 4.78 is 0. The van der Waals surface area contributed by atoms with Crippen LogP contribution < -0.4 is 5.32 Å². The van der Waals surface area contributed by atoms with E-state index in [4.69, 9.17) is 16.7 Å². The Hall–Kier alpha value is -1.55. The van der Waals surface area contributed by atoms with Gasteiger partial charge in [0.25, 0.3) is 0 Å². The number of hydrogen-bond acceptors (Lipinski definition) is 2. The Bertz CT molecular complexity index is 490. The van der Waals surface area contributed by atoms with Gasteiger partial charge in [0.15, 0.2) is 0 Å². The summed E-state index contributed by atoms with van der Waals surface area (Å²) in [7, 11) is 0. The SMILES string of the molecule is CC(Cc1cccc(Cl)c1)NC(=O)C(C)C(C)C(=O)O. The summed E-state index contributed by atoms with van der Waals surface area (Å²) in [5.41, 5.74) is 1.03. The maximum atomic E-state index is 12.0. The number of rotatable bonds is 6. The van der Waals surface area contributed by atoms with E-state index in [0.29, 0.717) is 11.4 Å². The smallest absolute Gasteiger partial charge is 0.307 e. The molecule has 110 valence electrons. The molecule has 2 N–H and O–H groups in total. The summed E-state index contributed by atoms with van der Waals surface area (Å²) in [5.74, 6) is -2.47. The van der Waals surface area contributed by atoms with Crippen molar-refractivity contribution in [2.75, 3.05) is 0 Å². The third-order valence-corrected chi connectivity index (χ3v) is 3.61. The number of aliphatic carboxylic acids is 1. The first-order valence-electron chi connectivity index (χ1n) is 6.59. The first kappa shape index (κ1) is 16.5. The van der Waals surface area contributed by atoms with Gasteiger partial charge in [0.2, 0.25) is 5.91 Å². The summed E-state index contributed by atoms with van der Waals surface area (Å²) in [6.07, 6.45) is 0.653. The minimum Gasteiger partial charge on any atom is -0.481 e. The predicted molar refractivity (Wildman–Crippen MR) is 78.7 cm³/mol. The van der Waals surface area contributed by atoms with Crippen molar-refractivity contribution in [3.05, 3.63) is 34.9 Å². The molecule has 1 aromatic rings. The lowest BCUT2D eigenvalue weighted by molar-refractivity contribution is -0.146. The van der Waals surface area contributed by atoms with Crippen LogP contribution in [0.3, 0.4) is 0 Å². The second kappa shape index (κ2) is 7.29. The van der Waals surface area contributed by atoms with E-state index in [0.717, 1.165) is 5.56 Å². The molecule has 0 radical (unpaired) electrons. The van der Waals surface area contributed by atoms with Gasteiger partial charge in [0.1, 0.15) is 0 Å². The molecular weight excluding hydrogens is 278 g/mol. The number of carbonyl (C=O) groups excluding carboxylic acids is 1. The van der Waals surface area contributed by atoms with Crippen molar-refractivity contribution in [3.8, 4) is 0 Å². The van der Waals surface area contributed by atoms with Gasteiger partial charge in [-0.25, -0.2) is 0 Å². The zero-order chi connectivity index (χ0) is 15.3. The normalized spacial score (nSPS) is 15.2. The maximum absolute atomic E-state index is 12.0. The van der Waals surface area contributed by atoms with Gasteiger partial charge in [-0.05, 0) is 31.0 Å². The average molecular weight is 298 g/mol. The van der Waals surface area contributed by atoms with Gasteiger partial charge in [-0.15, -0.1) is 0 Å². The highest BCUT2D eigenvalue weighted by Gasteiger charge is 2.26. The van der Waals surface area contributed by atoms with E-state index < -0.39 is 17.8 Å². The molecule has 0 aliphatic carbocycles. The van der Waals surface area contributed by atoms with Gasteiger partial charge in [-0.1, -0.05) is 37.6 Å². The fourth-order valence-corrected chi connectivity index (χ4v) is 2.10. The molecule has 0 heterocycles. The Labute approximate surface area is 124 Å². The van der Waals surface area contributed by atoms with Crippen LogP contribution in [0, 0.1) is 11.8 Å². The highest BCUT2D eigenvalue weighted by atomic mass is 35.5. The van der Waals surface area contributed by atoms with Crippen LogP contribution in [0.1, 0.15) is 26.3 Å². The van der Waals surface area contributed by atoms with Crippen molar-refractivity contribution >= 4 is 23.5 Å². The minimum absolute atomic E-state index is 0.0792. The fraction of sp³-hybridized carbons (Fsp3) is 0.467. The number of halogens is 1. The number of benzene rings is 1. The molecule has 3 unspecified atom stereocenters. The lowest BCUT2D eigenvalue weighted by Crippen LogP contribution is -2.40. The van der Waals surface area contributed by atoms with Crippen LogP contribution in [0.2, 0.25) is 5.02 Å². The third-order valence-electron chi connectivity index (χ3n) is 3.37. The fourth-order valence-electron chi connectivity index (χ4n) is 1.88. The van der Waals surface area contributed by atoms with E-state index >= 15 is 0 Å². The van der Waals surface area contributed by atoms with E-state index in [2.05, 4.69) is 5.32 Å². The highest BCUT2D eigenvalue weighted by molar-refractivity contribution is 6.30. The number of carboxylic acids is 1. The Morgan fingerprint density at radius 2 is 1.90 bits per heavy atom. The monoisotopic (exact) mass is 297 g/mol. The molecule has 4 nitrogen and oxygen atoms in total. The van der Waals surface area contributed by atoms with Crippen molar-refractivity contribution < 1.29 is 14.7 Å². The second-order valence-corrected chi connectivity index (χ2v) is 5.60. The second-order valence-electron chi connectivity index (χ2n) is 5.16. The van der Waals surface area contributed by atoms with E-state index in [-0.39, 0.29) is 11.9 Å². The molecule has 0 saturated heterocycles. The molecule has 5 heteroatoms. The molecular formula is C15H20ClNO3. The molecule has 20 heavy (non-hydrogen) atoms. The Balaban J connectivity index is 2.55. The van der Waals surface area contributed by atoms with Crippen molar-refractivity contribution in [1.82, 2.24) is 5.32 Å². The van der Waals surface area contributed by atoms with Crippen LogP contribution in [0.15, 0.2) is 24.3 Å².